The maximum atomic E-state index is 12.1. The Balaban J connectivity index is 1.98. The summed E-state index contributed by atoms with van der Waals surface area (Å²) in [5.41, 5.74) is 1.10. The van der Waals surface area contributed by atoms with Gasteiger partial charge in [0, 0.05) is 13.2 Å². The van der Waals surface area contributed by atoms with Crippen molar-refractivity contribution >= 4 is 5.91 Å². The van der Waals surface area contributed by atoms with Gasteiger partial charge in [0.1, 0.15) is 0 Å². The Hall–Kier alpha value is -1.65. The Kier molecular flexibility index (Phi) is 5.96. The van der Waals surface area contributed by atoms with Crippen molar-refractivity contribution in [2.24, 2.45) is 0 Å². The summed E-state index contributed by atoms with van der Waals surface area (Å²) >= 11 is 0. The first-order valence-corrected chi connectivity index (χ1v) is 7.43. The smallest absolute Gasteiger partial charge is 0.225 e. The fourth-order valence-corrected chi connectivity index (χ4v) is 2.78. The van der Waals surface area contributed by atoms with E-state index in [-0.39, 0.29) is 24.7 Å². The first-order valence-electron chi connectivity index (χ1n) is 7.43. The van der Waals surface area contributed by atoms with Gasteiger partial charge in [-0.25, -0.2) is 0 Å². The molecule has 21 heavy (non-hydrogen) atoms. The molecule has 4 heteroatoms. The molecule has 2 atom stereocenters. The van der Waals surface area contributed by atoms with Gasteiger partial charge in [0.25, 0.3) is 0 Å². The highest BCUT2D eigenvalue weighted by molar-refractivity contribution is 5.80. The Morgan fingerprint density at radius 2 is 2.14 bits per heavy atom. The quantitative estimate of drug-likeness (QED) is 0.746. The van der Waals surface area contributed by atoms with Crippen LogP contribution >= 0.6 is 0 Å². The van der Waals surface area contributed by atoms with Crippen LogP contribution in [0.5, 0.6) is 0 Å². The van der Waals surface area contributed by atoms with E-state index in [4.69, 9.17) is 9.84 Å². The first kappa shape index (κ1) is 15.7. The van der Waals surface area contributed by atoms with Crippen LogP contribution in [0.4, 0.5) is 0 Å². The monoisotopic (exact) mass is 289 g/mol. The van der Waals surface area contributed by atoms with Crippen molar-refractivity contribution in [3.05, 3.63) is 48.6 Å². The lowest BCUT2D eigenvalue weighted by Gasteiger charge is -2.27. The Morgan fingerprint density at radius 1 is 1.38 bits per heavy atom. The normalized spacial score (nSPS) is 21.8. The van der Waals surface area contributed by atoms with Crippen LogP contribution < -0.4 is 0 Å². The number of aliphatic hydroxyl groups excluding tert-OH is 1. The summed E-state index contributed by atoms with van der Waals surface area (Å²) in [7, 11) is 0. The molecule has 0 aliphatic carbocycles. The number of carbonyl (C=O) groups excluding carboxylic acids is 1. The van der Waals surface area contributed by atoms with Gasteiger partial charge in [0.15, 0.2) is 0 Å². The summed E-state index contributed by atoms with van der Waals surface area (Å²) in [4.78, 5) is 13.9. The number of rotatable bonds is 8. The molecule has 114 valence electrons. The molecule has 1 saturated heterocycles. The van der Waals surface area contributed by atoms with E-state index >= 15 is 0 Å². The maximum absolute atomic E-state index is 12.1. The molecule has 2 rings (SSSR count). The van der Waals surface area contributed by atoms with E-state index in [2.05, 4.69) is 6.58 Å². The molecule has 0 radical (unpaired) electrons. The van der Waals surface area contributed by atoms with Crippen LogP contribution in [0.25, 0.3) is 0 Å². The number of carbonyl (C=O) groups is 1. The second kappa shape index (κ2) is 7.96. The van der Waals surface area contributed by atoms with E-state index in [0.29, 0.717) is 26.0 Å². The van der Waals surface area contributed by atoms with Gasteiger partial charge in [-0.3, -0.25) is 4.79 Å². The van der Waals surface area contributed by atoms with Crippen molar-refractivity contribution in [3.63, 3.8) is 0 Å². The van der Waals surface area contributed by atoms with Crippen LogP contribution in [0.2, 0.25) is 0 Å². The second-order valence-corrected chi connectivity index (χ2v) is 5.31. The van der Waals surface area contributed by atoms with Crippen LogP contribution in [0.15, 0.2) is 43.0 Å². The van der Waals surface area contributed by atoms with Gasteiger partial charge in [-0.1, -0.05) is 36.4 Å². The number of hydrogen-bond acceptors (Lipinski definition) is 3. The van der Waals surface area contributed by atoms with E-state index in [1.807, 2.05) is 35.2 Å². The van der Waals surface area contributed by atoms with Crippen molar-refractivity contribution in [1.82, 2.24) is 4.90 Å². The zero-order valence-electron chi connectivity index (χ0n) is 12.3. The highest BCUT2D eigenvalue weighted by Gasteiger charge is 2.39. The third kappa shape index (κ3) is 4.16. The lowest BCUT2D eigenvalue weighted by molar-refractivity contribution is -0.128. The van der Waals surface area contributed by atoms with E-state index in [1.165, 1.54) is 0 Å². The largest absolute Gasteiger partial charge is 0.396 e. The Morgan fingerprint density at radius 3 is 2.81 bits per heavy atom. The molecule has 0 unspecified atom stereocenters. The van der Waals surface area contributed by atoms with E-state index in [0.717, 1.165) is 12.0 Å². The predicted molar refractivity (Wildman–Crippen MR) is 81.7 cm³/mol. The summed E-state index contributed by atoms with van der Waals surface area (Å²) < 4.78 is 5.97. The molecule has 4 nitrogen and oxygen atoms in total. The minimum Gasteiger partial charge on any atom is -0.396 e. The maximum Gasteiger partial charge on any atom is 0.225 e. The second-order valence-electron chi connectivity index (χ2n) is 5.31. The number of aliphatic hydroxyl groups is 1. The van der Waals surface area contributed by atoms with E-state index in [1.54, 1.807) is 6.08 Å². The summed E-state index contributed by atoms with van der Waals surface area (Å²) in [6.07, 6.45) is 3.48. The van der Waals surface area contributed by atoms with Crippen molar-refractivity contribution in [1.29, 1.82) is 0 Å². The topological polar surface area (TPSA) is 49.8 Å². The minimum absolute atomic E-state index is 0.0337. The molecule has 1 heterocycles. The molecule has 0 spiro atoms. The molecule has 1 fully saturated rings. The summed E-state index contributed by atoms with van der Waals surface area (Å²) in [6.45, 7) is 4.90. The van der Waals surface area contributed by atoms with Crippen LogP contribution in [-0.4, -0.2) is 41.2 Å². The van der Waals surface area contributed by atoms with Crippen molar-refractivity contribution in [2.45, 2.75) is 38.0 Å². The molecule has 0 aromatic heterocycles. The molecule has 0 bridgehead atoms. The summed E-state index contributed by atoms with van der Waals surface area (Å²) in [5.74, 6) is 0.107. The zero-order valence-corrected chi connectivity index (χ0v) is 12.3. The van der Waals surface area contributed by atoms with E-state index in [9.17, 15) is 4.79 Å². The van der Waals surface area contributed by atoms with Crippen LogP contribution in [0.3, 0.4) is 0 Å². The fraction of sp³-hybridized carbons (Fsp3) is 0.471. The van der Waals surface area contributed by atoms with Crippen molar-refractivity contribution < 1.29 is 14.6 Å². The van der Waals surface area contributed by atoms with Gasteiger partial charge >= 0.3 is 0 Å². The SMILES string of the molecule is C=CCN1C(=O)C[C@H](OCc2ccccc2)[C@H]1CCCO. The van der Waals surface area contributed by atoms with Gasteiger partial charge in [0.05, 0.1) is 25.2 Å². The lowest BCUT2D eigenvalue weighted by Crippen LogP contribution is -2.38. The average molecular weight is 289 g/mol. The fourth-order valence-electron chi connectivity index (χ4n) is 2.78. The molecule has 1 amide bonds. The van der Waals surface area contributed by atoms with Crippen molar-refractivity contribution in [3.8, 4) is 0 Å². The molecule has 0 saturated carbocycles. The third-order valence-electron chi connectivity index (χ3n) is 3.82. The summed E-state index contributed by atoms with van der Waals surface area (Å²) in [5, 5.41) is 9.04. The third-order valence-corrected chi connectivity index (χ3v) is 3.82. The number of likely N-dealkylation sites (tertiary alicyclic amines) is 1. The zero-order chi connectivity index (χ0) is 15.1. The highest BCUT2D eigenvalue weighted by Crippen LogP contribution is 2.26. The first-order chi connectivity index (χ1) is 10.3. The minimum atomic E-state index is -0.107. The van der Waals surface area contributed by atoms with E-state index < -0.39 is 0 Å². The molecular formula is C17H23NO3. The summed E-state index contributed by atoms with van der Waals surface area (Å²) in [6, 6.07) is 9.99. The Bertz CT molecular complexity index is 460. The van der Waals surface area contributed by atoms with Crippen LogP contribution in [0.1, 0.15) is 24.8 Å². The van der Waals surface area contributed by atoms with Crippen molar-refractivity contribution in [2.75, 3.05) is 13.2 Å². The standard InChI is InChI=1S/C17H23NO3/c1-2-10-18-15(9-6-11-19)16(12-17(18)20)21-13-14-7-4-3-5-8-14/h2-5,7-8,15-16,19H,1,6,9-13H2/t15-,16+/m1/s1. The van der Waals surface area contributed by atoms with Crippen LogP contribution in [0, 0.1) is 0 Å². The number of ether oxygens (including phenoxy) is 1. The van der Waals surface area contributed by atoms with Gasteiger partial charge in [0.2, 0.25) is 5.91 Å². The number of hydrogen-bond donors (Lipinski definition) is 1. The average Bonchev–Trinajstić information content (AvgIpc) is 2.80. The van der Waals surface area contributed by atoms with Crippen LogP contribution in [-0.2, 0) is 16.1 Å². The molecule has 1 aliphatic rings. The van der Waals surface area contributed by atoms with Gasteiger partial charge in [-0.15, -0.1) is 6.58 Å². The number of amides is 1. The Labute approximate surface area is 126 Å². The molecule has 1 N–H and O–H groups in total. The van der Waals surface area contributed by atoms with Gasteiger partial charge in [-0.05, 0) is 18.4 Å². The molecular weight excluding hydrogens is 266 g/mol. The predicted octanol–water partition coefficient (Wildman–Crippen LogP) is 2.13. The molecule has 1 aromatic rings. The molecule has 1 aliphatic heterocycles. The van der Waals surface area contributed by atoms with Gasteiger partial charge in [-0.2, -0.15) is 0 Å². The van der Waals surface area contributed by atoms with Gasteiger partial charge < -0.3 is 14.7 Å². The lowest BCUT2D eigenvalue weighted by atomic mass is 10.1. The highest BCUT2D eigenvalue weighted by atomic mass is 16.5. The number of benzene rings is 1. The number of nitrogens with zero attached hydrogens (tertiary/aromatic N) is 1. The molecule has 1 aromatic carbocycles.